The molecule has 0 aromatic carbocycles. The van der Waals surface area contributed by atoms with Crippen LogP contribution in [0.1, 0.15) is 34.8 Å². The van der Waals surface area contributed by atoms with E-state index >= 15 is 0 Å². The fourth-order valence-electron chi connectivity index (χ4n) is 4.11. The van der Waals surface area contributed by atoms with Crippen molar-refractivity contribution in [1.82, 2.24) is 19.9 Å². The number of H-pyrrole nitrogens is 2. The van der Waals surface area contributed by atoms with Gasteiger partial charge in [0.05, 0.1) is 27.6 Å². The minimum Gasteiger partial charge on any atom is -1.00 e. The summed E-state index contributed by atoms with van der Waals surface area (Å²) in [6, 6.07) is 14.1. The molecule has 1 aliphatic carbocycles. The van der Waals surface area contributed by atoms with Crippen LogP contribution in [0.2, 0.25) is 0 Å². The summed E-state index contributed by atoms with van der Waals surface area (Å²) in [5, 5.41) is 0. The van der Waals surface area contributed by atoms with E-state index in [1.165, 1.54) is 0 Å². The van der Waals surface area contributed by atoms with Crippen molar-refractivity contribution >= 4 is 67.1 Å². The molecule has 0 saturated heterocycles. The zero-order valence-electron chi connectivity index (χ0n) is 18.5. The molecule has 0 saturated carbocycles. The maximum absolute atomic E-state index is 11.3. The molecule has 3 aliphatic rings. The number of fused-ring (bicyclic) bond motifs is 8. The van der Waals surface area contributed by atoms with Gasteiger partial charge in [0.2, 0.25) is 10.3 Å². The van der Waals surface area contributed by atoms with Gasteiger partial charge in [-0.2, -0.15) is 8.42 Å². The topological polar surface area (TPSA) is 91.5 Å². The predicted molar refractivity (Wildman–Crippen MR) is 135 cm³/mol. The van der Waals surface area contributed by atoms with Gasteiger partial charge in [-0.25, -0.2) is 9.97 Å². The van der Waals surface area contributed by atoms with E-state index in [1.54, 1.807) is 6.08 Å². The third kappa shape index (κ3) is 5.64. The van der Waals surface area contributed by atoms with E-state index < -0.39 is 10.3 Å². The van der Waals surface area contributed by atoms with E-state index in [-0.39, 0.29) is 41.9 Å². The summed E-state index contributed by atoms with van der Waals surface area (Å²) in [4.78, 5) is 16.6. The Hall–Kier alpha value is -3.13. The number of hydrogen-bond donors (Lipinski definition) is 2. The Bertz CT molecular complexity index is 1760. The smallest absolute Gasteiger partial charge is 1.00 e. The number of nitrogens with zero attached hydrogens (tertiary/aromatic N) is 2. The van der Waals surface area contributed by atoms with Crippen molar-refractivity contribution in [3.05, 3.63) is 89.0 Å². The van der Waals surface area contributed by atoms with E-state index in [0.717, 1.165) is 56.0 Å². The molecule has 8 bridgehead atoms. The molecule has 5 heterocycles. The van der Waals surface area contributed by atoms with Crippen molar-refractivity contribution in [1.29, 1.82) is 0 Å². The molecule has 0 spiro atoms. The van der Waals surface area contributed by atoms with Crippen molar-refractivity contribution < 1.29 is 50.3 Å². The molecular weight excluding hydrogens is 558 g/mol. The maximum atomic E-state index is 11.3. The average molecular weight is 576 g/mol. The van der Waals surface area contributed by atoms with Gasteiger partial charge < -0.3 is 34.8 Å². The summed E-state index contributed by atoms with van der Waals surface area (Å²) < 4.78 is 22.6. The molecule has 2 N–H and O–H groups in total. The van der Waals surface area contributed by atoms with Crippen molar-refractivity contribution in [2.45, 2.75) is 6.42 Å². The van der Waals surface area contributed by atoms with Crippen LogP contribution in [0.3, 0.4) is 0 Å². The van der Waals surface area contributed by atoms with Gasteiger partial charge in [-0.3, -0.25) is 0 Å². The van der Waals surface area contributed by atoms with E-state index in [2.05, 4.69) is 21.0 Å². The van der Waals surface area contributed by atoms with Crippen LogP contribution >= 0.6 is 0 Å². The average Bonchev–Trinajstić information content (AvgIpc) is 3.59. The maximum Gasteiger partial charge on any atom is 2.00 e. The van der Waals surface area contributed by atoms with Gasteiger partial charge in [0.1, 0.15) is 0 Å². The van der Waals surface area contributed by atoms with Crippen molar-refractivity contribution in [2.75, 3.05) is 0 Å². The second-order valence-corrected chi connectivity index (χ2v) is 8.98. The molecule has 0 atom stereocenters. The van der Waals surface area contributed by atoms with Crippen molar-refractivity contribution in [3.8, 4) is 0 Å². The molecule has 36 heavy (non-hydrogen) atoms. The first-order valence-corrected chi connectivity index (χ1v) is 11.6. The van der Waals surface area contributed by atoms with Gasteiger partial charge in [0.15, 0.2) is 0 Å². The first kappa shape index (κ1) is 27.5. The molecule has 0 amide bonds. The Labute approximate surface area is 231 Å². The van der Waals surface area contributed by atoms with Gasteiger partial charge in [-0.15, -0.1) is 0 Å². The van der Waals surface area contributed by atoms with Crippen LogP contribution in [0.4, 0.5) is 0 Å². The number of aromatic nitrogens is 4. The quantitative estimate of drug-likeness (QED) is 0.199. The Morgan fingerprint density at radius 2 is 1.28 bits per heavy atom. The van der Waals surface area contributed by atoms with Gasteiger partial charge in [0.25, 0.3) is 0 Å². The van der Waals surface area contributed by atoms with E-state index in [4.69, 9.17) is 4.98 Å². The van der Waals surface area contributed by atoms with Crippen LogP contribution in [0.15, 0.2) is 60.7 Å². The Kier molecular flexibility index (Phi) is 8.61. The van der Waals surface area contributed by atoms with Crippen molar-refractivity contribution in [2.24, 2.45) is 0 Å². The van der Waals surface area contributed by atoms with E-state index in [0.29, 0.717) is 11.3 Å². The molecule has 181 valence electrons. The second-order valence-electron chi connectivity index (χ2n) is 7.99. The molecule has 6 rings (SSSR count). The van der Waals surface area contributed by atoms with Gasteiger partial charge in [-0.1, -0.05) is 12.2 Å². The number of rotatable bonds is 1. The molecular formula is C26H18Cl2MnN4O2S. The van der Waals surface area contributed by atoms with Crippen molar-refractivity contribution in [3.63, 3.8) is 0 Å². The predicted octanol–water partition coefficient (Wildman–Crippen LogP) is -0.944. The summed E-state index contributed by atoms with van der Waals surface area (Å²) in [6.07, 6.45) is 13.7. The Morgan fingerprint density at radius 1 is 0.667 bits per heavy atom. The molecule has 10 heteroatoms. The zero-order valence-corrected chi connectivity index (χ0v) is 22.1. The summed E-state index contributed by atoms with van der Waals surface area (Å²) in [6.45, 7) is 0. The minimum atomic E-state index is -2.20. The minimum absolute atomic E-state index is 0. The molecule has 0 unspecified atom stereocenters. The van der Waals surface area contributed by atoms with Crippen LogP contribution in [0.25, 0.3) is 51.9 Å². The number of aromatic amines is 2. The van der Waals surface area contributed by atoms with Crippen LogP contribution in [-0.2, 0) is 27.4 Å². The zero-order chi connectivity index (χ0) is 22.4. The van der Waals surface area contributed by atoms with E-state index in [9.17, 15) is 8.42 Å². The number of hydrogen-bond acceptors (Lipinski definition) is 4. The Balaban J connectivity index is 0.00000120. The monoisotopic (exact) mass is 575 g/mol. The normalized spacial score (nSPS) is 13.3. The molecule has 0 fully saturated rings. The fourth-order valence-corrected chi connectivity index (χ4v) is 4.51. The van der Waals surface area contributed by atoms with Crippen LogP contribution in [0.5, 0.6) is 0 Å². The summed E-state index contributed by atoms with van der Waals surface area (Å²) >= 11 is 0. The number of nitrogens with one attached hydrogen (secondary N) is 2. The molecule has 2 aliphatic heterocycles. The van der Waals surface area contributed by atoms with Gasteiger partial charge in [0, 0.05) is 34.1 Å². The molecule has 3 aromatic heterocycles. The fraction of sp³-hybridized carbons (Fsp3) is 0.0385. The largest absolute Gasteiger partial charge is 2.00 e. The molecule has 1 radical (unpaired) electrons. The van der Waals surface area contributed by atoms with Gasteiger partial charge in [-0.05, 0) is 78.4 Å². The third-order valence-electron chi connectivity index (χ3n) is 5.67. The van der Waals surface area contributed by atoms with Crippen LogP contribution < -0.4 is 24.8 Å². The Morgan fingerprint density at radius 3 is 1.89 bits per heavy atom. The summed E-state index contributed by atoms with van der Waals surface area (Å²) in [5.74, 6) is 0. The van der Waals surface area contributed by atoms with Crippen LogP contribution in [-0.4, -0.2) is 33.2 Å². The van der Waals surface area contributed by atoms with E-state index in [1.807, 2.05) is 72.9 Å². The SMILES string of the molecule is O=S(=O)=C1C=CC(c2cc3cc4ccc(cc5nc(cc6nc(cc2[nH]3)C=C6)C=C5)[nH]4)=CC1.[Cl-].[Cl-].[Mn+2]. The first-order valence-electron chi connectivity index (χ1n) is 10.5. The standard InChI is InChI=1S/C26H18N4O2S.2ClH.Mn/c31-33(32)24-9-1-16(2-10-24)25-14-23-13-21-6-5-19(28-21)11-17-3-4-18(27-17)12-20-7-8-22(29-20)15-26(25)30-23;;;/h1-9,11-15,28,30H,10H2;2*1H;/q;;;+2/p-2. The number of allylic oxidation sites excluding steroid dienone is 4. The first-order chi connectivity index (χ1) is 16.1. The summed E-state index contributed by atoms with van der Waals surface area (Å²) in [7, 11) is -2.20. The second kappa shape index (κ2) is 11.3. The van der Waals surface area contributed by atoms with Gasteiger partial charge >= 0.3 is 17.1 Å². The summed E-state index contributed by atoms with van der Waals surface area (Å²) in [5.41, 5.74) is 9.15. The molecule has 6 nitrogen and oxygen atoms in total. The third-order valence-corrected chi connectivity index (χ3v) is 6.40. The number of halogens is 2. The van der Waals surface area contributed by atoms with Crippen LogP contribution in [0, 0.1) is 0 Å². The molecule has 3 aromatic rings.